The maximum absolute atomic E-state index is 14.9. The molecule has 0 radical (unpaired) electrons. The van der Waals surface area contributed by atoms with E-state index in [-0.39, 0.29) is 57.5 Å². The number of β-amino-alcohol motifs (C(OH)–C–C–N with tert-alkyl or cyclic N) is 1. The van der Waals surface area contributed by atoms with Crippen LogP contribution in [0.3, 0.4) is 0 Å². The number of anilines is 1. The van der Waals surface area contributed by atoms with Crippen molar-refractivity contribution in [1.29, 1.82) is 0 Å². The number of ether oxygens (including phenoxy) is 2. The molecule has 0 aliphatic carbocycles. The van der Waals surface area contributed by atoms with Gasteiger partial charge in [-0.15, -0.1) is 0 Å². The number of rotatable bonds is 11. The highest BCUT2D eigenvalue weighted by Gasteiger charge is 2.48. The van der Waals surface area contributed by atoms with E-state index in [0.717, 1.165) is 64.6 Å². The van der Waals surface area contributed by atoms with Crippen molar-refractivity contribution in [2.45, 2.75) is 103 Å². The van der Waals surface area contributed by atoms with Crippen molar-refractivity contribution in [1.82, 2.24) is 35.1 Å². The molecule has 4 N–H and O–H groups in total. The van der Waals surface area contributed by atoms with E-state index in [1.807, 2.05) is 24.4 Å². The molecule has 2 aromatic carbocycles. The summed E-state index contributed by atoms with van der Waals surface area (Å²) in [6, 6.07) is 13.2. The van der Waals surface area contributed by atoms with Crippen molar-refractivity contribution in [3.8, 4) is 28.3 Å². The fraction of sp³-hybridized carbons (Fsp3) is 0.509. The minimum Gasteiger partial charge on any atom is -0.508 e. The summed E-state index contributed by atoms with van der Waals surface area (Å²) >= 11 is 0. The Kier molecular flexibility index (Phi) is 14.3. The second kappa shape index (κ2) is 19.9. The van der Waals surface area contributed by atoms with Crippen LogP contribution in [0, 0.1) is 11.3 Å². The summed E-state index contributed by atoms with van der Waals surface area (Å²) in [6.45, 7) is 16.1. The maximum atomic E-state index is 14.9. The van der Waals surface area contributed by atoms with E-state index in [1.54, 1.807) is 33.1 Å². The van der Waals surface area contributed by atoms with Gasteiger partial charge in [-0.25, -0.2) is 5.43 Å². The smallest absolute Gasteiger partial charge is 0.259 e. The third-order valence-electron chi connectivity index (χ3n) is 14.5. The van der Waals surface area contributed by atoms with Crippen LogP contribution in [0.2, 0.25) is 0 Å². The molecule has 0 spiro atoms. The number of phenols is 1. The number of hydrazine groups is 1. The molecule has 17 nitrogen and oxygen atoms in total. The second-order valence-corrected chi connectivity index (χ2v) is 20.8. The lowest BCUT2D eigenvalue weighted by atomic mass is 9.84. The van der Waals surface area contributed by atoms with Gasteiger partial charge in [-0.3, -0.25) is 29.2 Å². The van der Waals surface area contributed by atoms with Crippen LogP contribution in [0.5, 0.6) is 5.75 Å². The molecule has 6 bridgehead atoms. The highest BCUT2D eigenvalue weighted by molar-refractivity contribution is 5.97. The van der Waals surface area contributed by atoms with Gasteiger partial charge in [0.15, 0.2) is 5.60 Å². The van der Waals surface area contributed by atoms with Gasteiger partial charge in [-0.1, -0.05) is 46.4 Å². The summed E-state index contributed by atoms with van der Waals surface area (Å²) in [4.78, 5) is 78.8. The van der Waals surface area contributed by atoms with E-state index in [1.165, 1.54) is 21.9 Å². The zero-order valence-electron chi connectivity index (χ0n) is 41.5. The average Bonchev–Trinajstić information content (AvgIpc) is 3.87. The molecule has 3 saturated heterocycles. The minimum atomic E-state index is -1.93. The molecular weight excluding hydrogens is 893 g/mol. The van der Waals surface area contributed by atoms with Crippen LogP contribution in [0.25, 0.3) is 33.4 Å². The highest BCUT2D eigenvalue weighted by Crippen LogP contribution is 2.41. The molecule has 0 saturated carbocycles. The number of aliphatic hydroxyl groups is 1. The summed E-state index contributed by atoms with van der Waals surface area (Å²) in [6.07, 6.45) is 5.32. The largest absolute Gasteiger partial charge is 0.508 e. The molecule has 6 heterocycles. The van der Waals surface area contributed by atoms with Crippen molar-refractivity contribution >= 4 is 46.5 Å². The number of likely N-dealkylation sites (N-methyl/N-ethyl adjacent to an activating group) is 1. The Hall–Kier alpha value is -6.14. The number of carbonyl (C=O) groups is 5. The zero-order valence-corrected chi connectivity index (χ0v) is 41.5. The standard InChI is InChI=1S/C53H68N8O9/c1-9-45(64)58-19-16-53(68,29-58)50(67)57(7)46(33(3)4)48(65)55-43-22-34-20-36(23-38(63)21-34)35-12-13-44-40(24-35)41(26-51(5,6)31-70-32-52(30-62)15-11-18-61(56-52)49(43)66)47(60(44)10-2)42-25-37(14-17-54-42)59-27-39(28-59)69-8/h9,12-14,17,20-21,23-25,30,33,39,43,46,56,63,68H,1,10-11,15-16,18-19,22,26-29,31-32H2,2-8H3,(H,55,65)/t43-,46-,52-,53?/m0/s1. The van der Waals surface area contributed by atoms with E-state index in [9.17, 15) is 34.2 Å². The van der Waals surface area contributed by atoms with Crippen LogP contribution < -0.4 is 15.6 Å². The first kappa shape index (κ1) is 50.3. The molecule has 4 aliphatic rings. The van der Waals surface area contributed by atoms with Gasteiger partial charge in [-0.05, 0) is 102 Å². The number of nitrogens with zero attached hydrogens (tertiary/aromatic N) is 6. The molecule has 8 rings (SSSR count). The lowest BCUT2D eigenvalue weighted by molar-refractivity contribution is -0.156. The highest BCUT2D eigenvalue weighted by atomic mass is 16.5. The summed E-state index contributed by atoms with van der Waals surface area (Å²) in [7, 11) is 3.17. The number of hydrogen-bond donors (Lipinski definition) is 4. The molecule has 3 fully saturated rings. The number of benzene rings is 2. The van der Waals surface area contributed by atoms with E-state index in [0.29, 0.717) is 36.9 Å². The fourth-order valence-electron chi connectivity index (χ4n) is 10.8. The predicted octanol–water partition coefficient (Wildman–Crippen LogP) is 4.25. The van der Waals surface area contributed by atoms with Gasteiger partial charge in [0.2, 0.25) is 11.8 Å². The minimum absolute atomic E-state index is 0.0205. The van der Waals surface area contributed by atoms with Crippen molar-refractivity contribution in [3.05, 3.63) is 78.5 Å². The molecule has 4 aliphatic heterocycles. The second-order valence-electron chi connectivity index (χ2n) is 20.8. The number of pyridine rings is 1. The van der Waals surface area contributed by atoms with Crippen LogP contribution >= 0.6 is 0 Å². The normalized spacial score (nSPS) is 23.4. The van der Waals surface area contributed by atoms with Gasteiger partial charge in [0.25, 0.3) is 11.8 Å². The number of phenolic OH excluding ortho intramolecular Hbond substituents is 1. The van der Waals surface area contributed by atoms with Crippen LogP contribution in [0.4, 0.5) is 5.69 Å². The number of aromatic nitrogens is 2. The summed E-state index contributed by atoms with van der Waals surface area (Å²) in [5.74, 6) is -2.84. The lowest BCUT2D eigenvalue weighted by Crippen LogP contribution is -2.66. The first-order chi connectivity index (χ1) is 33.3. The van der Waals surface area contributed by atoms with Crippen LogP contribution in [0.1, 0.15) is 65.0 Å². The van der Waals surface area contributed by atoms with E-state index in [2.05, 4.69) is 65.8 Å². The average molecular weight is 961 g/mol. The quantitative estimate of drug-likeness (QED) is 0.123. The molecule has 4 atom stereocenters. The summed E-state index contributed by atoms with van der Waals surface area (Å²) in [5.41, 5.74) is 6.62. The number of hydrogen-bond acceptors (Lipinski definition) is 12. The number of likely N-dealkylation sites (tertiary alicyclic amines) is 1. The Morgan fingerprint density at radius 2 is 1.84 bits per heavy atom. The van der Waals surface area contributed by atoms with Crippen LogP contribution in [-0.2, 0) is 52.8 Å². The van der Waals surface area contributed by atoms with Gasteiger partial charge in [-0.2, -0.15) is 0 Å². The molecule has 1 unspecified atom stereocenters. The van der Waals surface area contributed by atoms with Crippen LogP contribution in [0.15, 0.2) is 67.4 Å². The molecule has 374 valence electrons. The first-order valence-electron chi connectivity index (χ1n) is 24.4. The number of amides is 4. The number of aromatic hydroxyl groups is 1. The molecule has 4 amide bonds. The van der Waals surface area contributed by atoms with Crippen molar-refractivity contribution in [3.63, 3.8) is 0 Å². The maximum Gasteiger partial charge on any atom is 0.259 e. The number of methoxy groups -OCH3 is 1. The van der Waals surface area contributed by atoms with Gasteiger partial charge in [0.05, 0.1) is 37.3 Å². The zero-order chi connectivity index (χ0) is 50.3. The van der Waals surface area contributed by atoms with E-state index in [4.69, 9.17) is 14.5 Å². The Morgan fingerprint density at radius 1 is 1.07 bits per heavy atom. The monoisotopic (exact) mass is 961 g/mol. The Labute approximate surface area is 409 Å². The van der Waals surface area contributed by atoms with Crippen molar-refractivity contribution < 1.29 is 43.7 Å². The van der Waals surface area contributed by atoms with Crippen molar-refractivity contribution in [2.75, 3.05) is 65.0 Å². The first-order valence-corrected chi connectivity index (χ1v) is 24.4. The van der Waals surface area contributed by atoms with Crippen molar-refractivity contribution in [2.24, 2.45) is 11.3 Å². The third-order valence-corrected chi connectivity index (χ3v) is 14.5. The molecule has 2 aromatic heterocycles. The van der Waals surface area contributed by atoms with Gasteiger partial charge < -0.3 is 49.1 Å². The predicted molar refractivity (Wildman–Crippen MR) is 266 cm³/mol. The Bertz CT molecular complexity index is 2680. The fourth-order valence-corrected chi connectivity index (χ4v) is 10.8. The number of carbonyl (C=O) groups excluding carboxylic acids is 5. The van der Waals surface area contributed by atoms with E-state index < -0.39 is 58.2 Å². The third kappa shape index (κ3) is 9.94. The summed E-state index contributed by atoms with van der Waals surface area (Å²) in [5, 5.41) is 28.2. The molecule has 17 heteroatoms. The topological polar surface area (TPSA) is 199 Å². The van der Waals surface area contributed by atoms with Crippen LogP contribution in [-0.4, -0.2) is 154 Å². The van der Waals surface area contributed by atoms with Gasteiger partial charge in [0.1, 0.15) is 29.7 Å². The number of nitrogens with one attached hydrogen (secondary N) is 2. The Balaban J connectivity index is 1.19. The molecule has 4 aromatic rings. The molecule has 70 heavy (non-hydrogen) atoms. The Morgan fingerprint density at radius 3 is 2.54 bits per heavy atom. The number of aryl methyl sites for hydroxylation is 1. The SMILES string of the molecule is C=CC(=O)N1CCC(O)(C(=O)N(C)[C@H](C(=O)N[C@H]2Cc3cc(O)cc(c3)-c3ccc4c(c3)c(c(-c3cc(N5CC(OC)C5)ccn3)n4CC)CC(C)(C)COC[C@@]3(C=O)CCCN(N3)C2=O)C(C)C)C1. The van der Waals surface area contributed by atoms with Gasteiger partial charge >= 0.3 is 0 Å². The number of aldehydes is 1. The lowest BCUT2D eigenvalue weighted by Gasteiger charge is -2.42. The van der Waals surface area contributed by atoms with E-state index >= 15 is 0 Å². The van der Waals surface area contributed by atoms with Gasteiger partial charge in [0, 0.05) is 82.5 Å². The summed E-state index contributed by atoms with van der Waals surface area (Å²) < 4.78 is 14.4. The molecular formula is C53H68N8O9. The number of fused-ring (bicyclic) bond motifs is 6.